The molecule has 2 rings (SSSR count). The second-order valence-corrected chi connectivity index (χ2v) is 3.20. The third-order valence-electron chi connectivity index (χ3n) is 2.09. The Hall–Kier alpha value is -1.97. The van der Waals surface area contributed by atoms with Crippen LogP contribution in [0.5, 0.6) is 5.75 Å². The van der Waals surface area contributed by atoms with Crippen molar-refractivity contribution in [1.29, 1.82) is 0 Å². The van der Waals surface area contributed by atoms with Crippen LogP contribution in [-0.4, -0.2) is 12.5 Å². The van der Waals surface area contributed by atoms with Crippen LogP contribution in [0, 0.1) is 0 Å². The number of primary amides is 1. The van der Waals surface area contributed by atoms with Gasteiger partial charge in [0, 0.05) is 5.39 Å². The van der Waals surface area contributed by atoms with Gasteiger partial charge in [-0.15, -0.1) is 0 Å². The zero-order valence-electron chi connectivity index (χ0n) is 8.10. The van der Waals surface area contributed by atoms with Crippen LogP contribution in [0.3, 0.4) is 0 Å². The van der Waals surface area contributed by atoms with Crippen LogP contribution in [0.25, 0.3) is 10.8 Å². The Morgan fingerprint density at radius 3 is 3.07 bits per heavy atom. The number of nitrogens with two attached hydrogens (primary N) is 1. The first-order valence-electron chi connectivity index (χ1n) is 4.63. The molecule has 78 valence electrons. The van der Waals surface area contributed by atoms with Gasteiger partial charge >= 0.3 is 0 Å². The first-order valence-corrected chi connectivity index (χ1v) is 4.63. The van der Waals surface area contributed by atoms with Crippen LogP contribution in [0.4, 0.5) is 0 Å². The van der Waals surface area contributed by atoms with E-state index in [9.17, 15) is 4.79 Å². The van der Waals surface area contributed by atoms with Crippen LogP contribution in [-0.2, 0) is 4.79 Å². The summed E-state index contributed by atoms with van der Waals surface area (Å²) in [6.07, 6.45) is 3.49. The molecule has 4 heteroatoms. The van der Waals surface area contributed by atoms with Gasteiger partial charge in [-0.05, 0) is 6.07 Å². The molecule has 0 saturated carbocycles. The van der Waals surface area contributed by atoms with Crippen LogP contribution >= 0.6 is 0 Å². The monoisotopic (exact) mass is 205 g/mol. The van der Waals surface area contributed by atoms with E-state index in [-0.39, 0.29) is 12.3 Å². The molecule has 15 heavy (non-hydrogen) atoms. The molecule has 1 amide bonds. The third kappa shape index (κ3) is 2.10. The quantitative estimate of drug-likeness (QED) is 0.825. The Morgan fingerprint density at radius 1 is 1.40 bits per heavy atom. The van der Waals surface area contributed by atoms with Crippen molar-refractivity contribution >= 4 is 16.7 Å². The Balaban J connectivity index is 2.13. The molecular formula is C11H11NO3. The van der Waals surface area contributed by atoms with Gasteiger partial charge in [-0.2, -0.15) is 0 Å². The molecule has 1 aromatic carbocycles. The number of carbonyl (C=O) groups is 1. The molecule has 0 fully saturated rings. The summed E-state index contributed by atoms with van der Waals surface area (Å²) in [6, 6.07) is 5.63. The average molecular weight is 205 g/mol. The smallest absolute Gasteiger partial charge is 0.220 e. The lowest BCUT2D eigenvalue weighted by Gasteiger charge is -2.04. The summed E-state index contributed by atoms with van der Waals surface area (Å²) in [7, 11) is 0. The van der Waals surface area contributed by atoms with Crippen molar-refractivity contribution < 1.29 is 13.9 Å². The predicted molar refractivity (Wildman–Crippen MR) is 55.5 cm³/mol. The third-order valence-corrected chi connectivity index (χ3v) is 2.09. The van der Waals surface area contributed by atoms with Crippen LogP contribution in [0.1, 0.15) is 6.42 Å². The standard InChI is InChI=1S/C11H11NO3/c12-11(13)4-5-15-10-3-1-2-8-6-14-7-9(8)10/h1-3,6-7H,4-5H2,(H2,12,13). The number of benzene rings is 1. The number of rotatable bonds is 4. The topological polar surface area (TPSA) is 65.5 Å². The van der Waals surface area contributed by atoms with E-state index in [1.165, 1.54) is 0 Å². The highest BCUT2D eigenvalue weighted by atomic mass is 16.5. The van der Waals surface area contributed by atoms with E-state index in [0.29, 0.717) is 12.4 Å². The number of fused-ring (bicyclic) bond motifs is 1. The summed E-state index contributed by atoms with van der Waals surface area (Å²) in [6.45, 7) is 0.291. The number of hydrogen-bond acceptors (Lipinski definition) is 3. The van der Waals surface area contributed by atoms with Gasteiger partial charge in [-0.3, -0.25) is 4.79 Å². The first kappa shape index (κ1) is 9.58. The van der Waals surface area contributed by atoms with Gasteiger partial charge in [-0.25, -0.2) is 0 Å². The molecule has 0 unspecified atom stereocenters. The fourth-order valence-electron chi connectivity index (χ4n) is 1.35. The minimum absolute atomic E-state index is 0.217. The van der Waals surface area contributed by atoms with E-state index in [0.717, 1.165) is 10.8 Å². The number of ether oxygens (including phenoxy) is 1. The summed E-state index contributed by atoms with van der Waals surface area (Å²) < 4.78 is 10.5. The Kier molecular flexibility index (Phi) is 2.58. The maximum absolute atomic E-state index is 10.5. The molecule has 0 bridgehead atoms. The highest BCUT2D eigenvalue weighted by Crippen LogP contribution is 2.26. The zero-order chi connectivity index (χ0) is 10.7. The molecule has 0 aliphatic carbocycles. The number of carbonyl (C=O) groups excluding carboxylic acids is 1. The van der Waals surface area contributed by atoms with Crippen molar-refractivity contribution in [3.63, 3.8) is 0 Å². The Morgan fingerprint density at radius 2 is 2.27 bits per heavy atom. The first-order chi connectivity index (χ1) is 7.27. The lowest BCUT2D eigenvalue weighted by molar-refractivity contribution is -0.118. The molecule has 2 aromatic rings. The second kappa shape index (κ2) is 4.04. The number of hydrogen-bond donors (Lipinski definition) is 1. The summed E-state index contributed by atoms with van der Waals surface area (Å²) >= 11 is 0. The lowest BCUT2D eigenvalue weighted by atomic mass is 10.2. The molecule has 0 aliphatic rings. The number of furan rings is 1. The van der Waals surface area contributed by atoms with Crippen LogP contribution < -0.4 is 10.5 Å². The largest absolute Gasteiger partial charge is 0.492 e. The van der Waals surface area contributed by atoms with E-state index in [1.807, 2.05) is 18.2 Å². The molecule has 0 aliphatic heterocycles. The number of amides is 1. The van der Waals surface area contributed by atoms with E-state index in [2.05, 4.69) is 0 Å². The lowest BCUT2D eigenvalue weighted by Crippen LogP contribution is -2.14. The second-order valence-electron chi connectivity index (χ2n) is 3.20. The normalized spacial score (nSPS) is 10.4. The fraction of sp³-hybridized carbons (Fsp3) is 0.182. The minimum atomic E-state index is -0.366. The highest BCUT2D eigenvalue weighted by molar-refractivity contribution is 5.87. The summed E-state index contributed by atoms with van der Waals surface area (Å²) in [4.78, 5) is 10.5. The summed E-state index contributed by atoms with van der Waals surface area (Å²) in [5.74, 6) is 0.344. The fourth-order valence-corrected chi connectivity index (χ4v) is 1.35. The molecular weight excluding hydrogens is 194 g/mol. The maximum atomic E-state index is 10.5. The van der Waals surface area contributed by atoms with Gasteiger partial charge in [0.25, 0.3) is 0 Å². The zero-order valence-corrected chi connectivity index (χ0v) is 8.10. The van der Waals surface area contributed by atoms with E-state index >= 15 is 0 Å². The average Bonchev–Trinajstić information content (AvgIpc) is 2.65. The van der Waals surface area contributed by atoms with E-state index < -0.39 is 0 Å². The molecule has 0 spiro atoms. The molecule has 2 N–H and O–H groups in total. The molecule has 1 aromatic heterocycles. The van der Waals surface area contributed by atoms with Crippen molar-refractivity contribution in [2.75, 3.05) is 6.61 Å². The van der Waals surface area contributed by atoms with E-state index in [4.69, 9.17) is 14.9 Å². The SMILES string of the molecule is NC(=O)CCOc1cccc2cocc12. The maximum Gasteiger partial charge on any atom is 0.220 e. The summed E-state index contributed by atoms with van der Waals surface area (Å²) in [5, 5.41) is 1.88. The van der Waals surface area contributed by atoms with Gasteiger partial charge in [0.2, 0.25) is 5.91 Å². The van der Waals surface area contributed by atoms with Crippen molar-refractivity contribution in [2.24, 2.45) is 5.73 Å². The van der Waals surface area contributed by atoms with Gasteiger partial charge < -0.3 is 14.9 Å². The van der Waals surface area contributed by atoms with Crippen molar-refractivity contribution in [1.82, 2.24) is 0 Å². The highest BCUT2D eigenvalue weighted by Gasteiger charge is 2.03. The molecule has 0 radical (unpaired) electrons. The van der Waals surface area contributed by atoms with Crippen molar-refractivity contribution in [3.8, 4) is 5.75 Å². The molecule has 0 saturated heterocycles. The van der Waals surface area contributed by atoms with Crippen molar-refractivity contribution in [2.45, 2.75) is 6.42 Å². The van der Waals surface area contributed by atoms with Gasteiger partial charge in [0.1, 0.15) is 12.0 Å². The Labute approximate surface area is 86.6 Å². The molecule has 4 nitrogen and oxygen atoms in total. The summed E-state index contributed by atoms with van der Waals surface area (Å²) in [5.41, 5.74) is 5.01. The van der Waals surface area contributed by atoms with E-state index in [1.54, 1.807) is 12.5 Å². The van der Waals surface area contributed by atoms with Gasteiger partial charge in [0.05, 0.1) is 24.7 Å². The van der Waals surface area contributed by atoms with Crippen LogP contribution in [0.2, 0.25) is 0 Å². The van der Waals surface area contributed by atoms with Crippen LogP contribution in [0.15, 0.2) is 35.1 Å². The van der Waals surface area contributed by atoms with Gasteiger partial charge in [-0.1, -0.05) is 12.1 Å². The molecule has 1 heterocycles. The minimum Gasteiger partial charge on any atom is -0.492 e. The van der Waals surface area contributed by atoms with Crippen molar-refractivity contribution in [3.05, 3.63) is 30.7 Å². The Bertz CT molecular complexity index is 475. The molecule has 0 atom stereocenters. The van der Waals surface area contributed by atoms with Gasteiger partial charge in [0.15, 0.2) is 0 Å². The predicted octanol–water partition coefficient (Wildman–Crippen LogP) is 1.69.